The smallest absolute Gasteiger partial charge is 0.282 e. The van der Waals surface area contributed by atoms with E-state index in [0.717, 1.165) is 44.8 Å². The van der Waals surface area contributed by atoms with Gasteiger partial charge >= 0.3 is 0 Å². The fraction of sp³-hybridized carbons (Fsp3) is 0.381. The van der Waals surface area contributed by atoms with Crippen molar-refractivity contribution in [2.45, 2.75) is 20.0 Å². The molecule has 1 N–H and O–H groups in total. The van der Waals surface area contributed by atoms with Crippen molar-refractivity contribution in [3.63, 3.8) is 0 Å². The first-order valence-corrected chi connectivity index (χ1v) is 9.61. The number of para-hydroxylation sites is 1. The van der Waals surface area contributed by atoms with E-state index in [2.05, 4.69) is 34.2 Å². The highest BCUT2D eigenvalue weighted by atomic mass is 16.6. The minimum absolute atomic E-state index is 0.0790. The lowest BCUT2D eigenvalue weighted by molar-refractivity contribution is -0.385. The standard InChI is InChI=1S/C21H26N4O3/c1-2-23-11-13-24(14-12-23)16-18-9-7-17(8-10-18)15-22-21(26)19-5-3-4-6-20(19)25(27)28/h3-10H,2,11-16H2,1H3,(H,22,26). The molecule has 0 aliphatic carbocycles. The molecule has 3 rings (SSSR count). The zero-order valence-corrected chi connectivity index (χ0v) is 16.1. The van der Waals surface area contributed by atoms with Crippen molar-refractivity contribution in [1.29, 1.82) is 0 Å². The quantitative estimate of drug-likeness (QED) is 0.588. The Hall–Kier alpha value is -2.77. The molecular weight excluding hydrogens is 356 g/mol. The highest BCUT2D eigenvalue weighted by Gasteiger charge is 2.19. The molecule has 1 heterocycles. The zero-order valence-electron chi connectivity index (χ0n) is 16.1. The van der Waals surface area contributed by atoms with Crippen LogP contribution in [0.1, 0.15) is 28.4 Å². The van der Waals surface area contributed by atoms with Gasteiger partial charge in [-0.25, -0.2) is 0 Å². The maximum Gasteiger partial charge on any atom is 0.282 e. The Morgan fingerprint density at radius 2 is 1.61 bits per heavy atom. The number of benzene rings is 2. The van der Waals surface area contributed by atoms with Gasteiger partial charge in [0.25, 0.3) is 11.6 Å². The number of nitro benzene ring substituents is 1. The number of hydrogen-bond donors (Lipinski definition) is 1. The van der Waals surface area contributed by atoms with E-state index in [1.165, 1.54) is 17.7 Å². The van der Waals surface area contributed by atoms with Crippen LogP contribution in [-0.2, 0) is 13.1 Å². The molecule has 1 aliphatic rings. The van der Waals surface area contributed by atoms with Gasteiger partial charge in [0, 0.05) is 45.3 Å². The Bertz CT molecular complexity index is 815. The van der Waals surface area contributed by atoms with Gasteiger partial charge in [0.15, 0.2) is 0 Å². The first kappa shape index (κ1) is 20.0. The van der Waals surface area contributed by atoms with Crippen LogP contribution in [0.4, 0.5) is 5.69 Å². The number of likely N-dealkylation sites (N-methyl/N-ethyl adjacent to an activating group) is 1. The summed E-state index contributed by atoms with van der Waals surface area (Å²) in [6, 6.07) is 14.1. The van der Waals surface area contributed by atoms with Crippen LogP contribution >= 0.6 is 0 Å². The van der Waals surface area contributed by atoms with Crippen LogP contribution < -0.4 is 5.32 Å². The SMILES string of the molecule is CCN1CCN(Cc2ccc(CNC(=O)c3ccccc3[N+](=O)[O-])cc2)CC1. The van der Waals surface area contributed by atoms with Crippen LogP contribution in [0.25, 0.3) is 0 Å². The average Bonchev–Trinajstić information content (AvgIpc) is 2.73. The molecule has 0 bridgehead atoms. The van der Waals surface area contributed by atoms with Gasteiger partial charge in [0.05, 0.1) is 4.92 Å². The largest absolute Gasteiger partial charge is 0.348 e. The van der Waals surface area contributed by atoms with Crippen LogP contribution in [0.3, 0.4) is 0 Å². The number of nitrogens with zero attached hydrogens (tertiary/aromatic N) is 3. The average molecular weight is 382 g/mol. The molecule has 0 aromatic heterocycles. The maximum atomic E-state index is 12.3. The van der Waals surface area contributed by atoms with Gasteiger partial charge in [-0.3, -0.25) is 19.8 Å². The van der Waals surface area contributed by atoms with Gasteiger partial charge in [-0.15, -0.1) is 0 Å². The molecule has 148 valence electrons. The molecular formula is C21H26N4O3. The molecule has 28 heavy (non-hydrogen) atoms. The molecule has 1 fully saturated rings. The molecule has 1 aliphatic heterocycles. The summed E-state index contributed by atoms with van der Waals surface area (Å²) < 4.78 is 0. The van der Waals surface area contributed by atoms with Crippen molar-refractivity contribution < 1.29 is 9.72 Å². The highest BCUT2D eigenvalue weighted by molar-refractivity contribution is 5.98. The number of hydrogen-bond acceptors (Lipinski definition) is 5. The summed E-state index contributed by atoms with van der Waals surface area (Å²) in [6.07, 6.45) is 0. The third-order valence-electron chi connectivity index (χ3n) is 5.14. The van der Waals surface area contributed by atoms with E-state index >= 15 is 0 Å². The van der Waals surface area contributed by atoms with Crippen molar-refractivity contribution in [1.82, 2.24) is 15.1 Å². The molecule has 0 spiro atoms. The zero-order chi connectivity index (χ0) is 19.9. The molecule has 0 radical (unpaired) electrons. The molecule has 0 atom stereocenters. The summed E-state index contributed by atoms with van der Waals surface area (Å²) >= 11 is 0. The Morgan fingerprint density at radius 1 is 1.00 bits per heavy atom. The van der Waals surface area contributed by atoms with Crippen LogP contribution in [0.5, 0.6) is 0 Å². The van der Waals surface area contributed by atoms with Crippen LogP contribution in [-0.4, -0.2) is 53.4 Å². The molecule has 7 nitrogen and oxygen atoms in total. The predicted molar refractivity (Wildman–Crippen MR) is 108 cm³/mol. The van der Waals surface area contributed by atoms with Crippen molar-refractivity contribution in [3.05, 3.63) is 75.3 Å². The molecule has 0 unspecified atom stereocenters. The van der Waals surface area contributed by atoms with E-state index in [4.69, 9.17) is 0 Å². The fourth-order valence-corrected chi connectivity index (χ4v) is 3.39. The Kier molecular flexibility index (Phi) is 6.73. The summed E-state index contributed by atoms with van der Waals surface area (Å²) in [4.78, 5) is 27.7. The van der Waals surface area contributed by atoms with Gasteiger partial charge in [0.2, 0.25) is 0 Å². The van der Waals surface area contributed by atoms with Crippen LogP contribution in [0.2, 0.25) is 0 Å². The first-order valence-electron chi connectivity index (χ1n) is 9.61. The lowest BCUT2D eigenvalue weighted by Gasteiger charge is -2.34. The van der Waals surface area contributed by atoms with E-state index in [0.29, 0.717) is 6.54 Å². The Balaban J connectivity index is 1.52. The van der Waals surface area contributed by atoms with Gasteiger partial charge in [-0.2, -0.15) is 0 Å². The fourth-order valence-electron chi connectivity index (χ4n) is 3.39. The lowest BCUT2D eigenvalue weighted by Crippen LogP contribution is -2.45. The second-order valence-electron chi connectivity index (χ2n) is 6.98. The minimum atomic E-state index is -0.538. The minimum Gasteiger partial charge on any atom is -0.348 e. The molecule has 7 heteroatoms. The number of nitro groups is 1. The summed E-state index contributed by atoms with van der Waals surface area (Å²) in [5, 5.41) is 13.8. The molecule has 2 aromatic rings. The number of rotatable bonds is 7. The van der Waals surface area contributed by atoms with E-state index < -0.39 is 10.8 Å². The van der Waals surface area contributed by atoms with Crippen molar-refractivity contribution >= 4 is 11.6 Å². The van der Waals surface area contributed by atoms with Crippen molar-refractivity contribution in [2.75, 3.05) is 32.7 Å². The third-order valence-corrected chi connectivity index (χ3v) is 5.14. The first-order chi connectivity index (χ1) is 13.6. The molecule has 1 saturated heterocycles. The Morgan fingerprint density at radius 3 is 2.25 bits per heavy atom. The summed E-state index contributed by atoms with van der Waals surface area (Å²) in [7, 11) is 0. The van der Waals surface area contributed by atoms with E-state index in [1.807, 2.05) is 12.1 Å². The summed E-state index contributed by atoms with van der Waals surface area (Å²) in [5.74, 6) is -0.440. The number of carbonyl (C=O) groups is 1. The van der Waals surface area contributed by atoms with Gasteiger partial charge < -0.3 is 10.2 Å². The monoisotopic (exact) mass is 382 g/mol. The topological polar surface area (TPSA) is 78.7 Å². The number of nitrogens with one attached hydrogen (secondary N) is 1. The third kappa shape index (κ3) is 5.15. The van der Waals surface area contributed by atoms with Gasteiger partial charge in [-0.05, 0) is 23.7 Å². The van der Waals surface area contributed by atoms with Gasteiger partial charge in [0.1, 0.15) is 5.56 Å². The normalized spacial score (nSPS) is 15.3. The van der Waals surface area contributed by atoms with E-state index in [9.17, 15) is 14.9 Å². The molecule has 1 amide bonds. The summed E-state index contributed by atoms with van der Waals surface area (Å²) in [6.45, 7) is 8.98. The lowest BCUT2D eigenvalue weighted by atomic mass is 10.1. The molecule has 0 saturated carbocycles. The van der Waals surface area contributed by atoms with Crippen molar-refractivity contribution in [3.8, 4) is 0 Å². The second kappa shape index (κ2) is 9.43. The maximum absolute atomic E-state index is 12.3. The number of piperazine rings is 1. The predicted octanol–water partition coefficient (Wildman–Crippen LogP) is 2.66. The van der Waals surface area contributed by atoms with E-state index in [-0.39, 0.29) is 11.3 Å². The highest BCUT2D eigenvalue weighted by Crippen LogP contribution is 2.17. The second-order valence-corrected chi connectivity index (χ2v) is 6.98. The number of carbonyl (C=O) groups excluding carboxylic acids is 1. The van der Waals surface area contributed by atoms with E-state index in [1.54, 1.807) is 12.1 Å². The van der Waals surface area contributed by atoms with Crippen molar-refractivity contribution in [2.24, 2.45) is 0 Å². The molecule has 2 aromatic carbocycles. The summed E-state index contributed by atoms with van der Waals surface area (Å²) in [5.41, 5.74) is 2.11. The Labute approximate surface area is 165 Å². The van der Waals surface area contributed by atoms with Crippen LogP contribution in [0, 0.1) is 10.1 Å². The van der Waals surface area contributed by atoms with Crippen LogP contribution in [0.15, 0.2) is 48.5 Å². The number of amides is 1. The van der Waals surface area contributed by atoms with Gasteiger partial charge in [-0.1, -0.05) is 43.3 Å².